The first-order valence-electron chi connectivity index (χ1n) is 6.35. The molecule has 1 aromatic carbocycles. The second-order valence-corrected chi connectivity index (χ2v) is 5.43. The molecule has 0 aliphatic rings. The van der Waals surface area contributed by atoms with Crippen molar-refractivity contribution in [2.24, 2.45) is 0 Å². The summed E-state index contributed by atoms with van der Waals surface area (Å²) in [5, 5.41) is 10.4. The molecule has 6 heteroatoms. The summed E-state index contributed by atoms with van der Waals surface area (Å²) < 4.78 is 6.92. The van der Waals surface area contributed by atoms with E-state index in [1.54, 1.807) is 17.1 Å². The SMILES string of the molecule is CC(C)(C)OC(=O)Nc1cccc(Cn2ccnn2)c1. The molecule has 0 saturated heterocycles. The number of carbonyl (C=O) groups excluding carboxylic acids is 1. The van der Waals surface area contributed by atoms with Crippen LogP contribution in [0.1, 0.15) is 26.3 Å². The normalized spacial score (nSPS) is 11.2. The van der Waals surface area contributed by atoms with E-state index >= 15 is 0 Å². The maximum Gasteiger partial charge on any atom is 0.412 e. The summed E-state index contributed by atoms with van der Waals surface area (Å²) in [6.45, 7) is 6.08. The fraction of sp³-hybridized carbons (Fsp3) is 0.357. The van der Waals surface area contributed by atoms with Crippen molar-refractivity contribution >= 4 is 11.8 Å². The molecule has 0 aliphatic heterocycles. The predicted octanol–water partition coefficient (Wildman–Crippen LogP) is 2.67. The Kier molecular flexibility index (Phi) is 4.02. The van der Waals surface area contributed by atoms with Crippen LogP contribution in [0, 0.1) is 0 Å². The zero-order valence-corrected chi connectivity index (χ0v) is 11.8. The first kappa shape index (κ1) is 14.0. The summed E-state index contributed by atoms with van der Waals surface area (Å²) in [5.41, 5.74) is 1.20. The van der Waals surface area contributed by atoms with E-state index < -0.39 is 11.7 Å². The van der Waals surface area contributed by atoms with Gasteiger partial charge in [0.1, 0.15) is 5.60 Å². The number of anilines is 1. The zero-order valence-electron chi connectivity index (χ0n) is 11.8. The maximum absolute atomic E-state index is 11.7. The molecule has 0 atom stereocenters. The Bertz CT molecular complexity index is 573. The Balaban J connectivity index is 2.01. The van der Waals surface area contributed by atoms with Gasteiger partial charge in [0.15, 0.2) is 0 Å². The lowest BCUT2D eigenvalue weighted by Crippen LogP contribution is -2.27. The minimum Gasteiger partial charge on any atom is -0.444 e. The van der Waals surface area contributed by atoms with Crippen LogP contribution >= 0.6 is 0 Å². The lowest BCUT2D eigenvalue weighted by Gasteiger charge is -2.19. The van der Waals surface area contributed by atoms with Gasteiger partial charge in [0, 0.05) is 11.9 Å². The first-order valence-corrected chi connectivity index (χ1v) is 6.35. The van der Waals surface area contributed by atoms with Crippen LogP contribution in [0.3, 0.4) is 0 Å². The highest BCUT2D eigenvalue weighted by Crippen LogP contribution is 2.14. The standard InChI is InChI=1S/C14H18N4O2/c1-14(2,3)20-13(19)16-12-6-4-5-11(9-12)10-18-8-7-15-17-18/h4-9H,10H2,1-3H3,(H,16,19). The van der Waals surface area contributed by atoms with Crippen LogP contribution in [0.2, 0.25) is 0 Å². The van der Waals surface area contributed by atoms with Crippen molar-refractivity contribution in [2.75, 3.05) is 5.32 Å². The van der Waals surface area contributed by atoms with Crippen molar-refractivity contribution in [2.45, 2.75) is 32.9 Å². The topological polar surface area (TPSA) is 69.0 Å². The van der Waals surface area contributed by atoms with Gasteiger partial charge in [-0.3, -0.25) is 5.32 Å². The van der Waals surface area contributed by atoms with E-state index in [1.807, 2.05) is 45.0 Å². The minimum absolute atomic E-state index is 0.463. The Labute approximate surface area is 117 Å². The average molecular weight is 274 g/mol. The summed E-state index contributed by atoms with van der Waals surface area (Å²) in [4.78, 5) is 11.7. The smallest absolute Gasteiger partial charge is 0.412 e. The van der Waals surface area contributed by atoms with Gasteiger partial charge in [-0.1, -0.05) is 17.3 Å². The van der Waals surface area contributed by atoms with Gasteiger partial charge < -0.3 is 4.74 Å². The molecule has 0 radical (unpaired) electrons. The largest absolute Gasteiger partial charge is 0.444 e. The summed E-state index contributed by atoms with van der Waals surface area (Å²) in [6, 6.07) is 7.53. The summed E-state index contributed by atoms with van der Waals surface area (Å²) in [6.07, 6.45) is 2.95. The van der Waals surface area contributed by atoms with E-state index in [9.17, 15) is 4.79 Å². The van der Waals surface area contributed by atoms with Gasteiger partial charge in [0.25, 0.3) is 0 Å². The zero-order chi connectivity index (χ0) is 14.6. The molecule has 1 N–H and O–H groups in total. The highest BCUT2D eigenvalue weighted by atomic mass is 16.6. The van der Waals surface area contributed by atoms with Crippen LogP contribution in [0.15, 0.2) is 36.7 Å². The van der Waals surface area contributed by atoms with Crippen LogP contribution in [0.5, 0.6) is 0 Å². The average Bonchev–Trinajstić information content (AvgIpc) is 2.79. The maximum atomic E-state index is 11.7. The van der Waals surface area contributed by atoms with Crippen molar-refractivity contribution < 1.29 is 9.53 Å². The van der Waals surface area contributed by atoms with Crippen molar-refractivity contribution in [3.63, 3.8) is 0 Å². The van der Waals surface area contributed by atoms with Crippen LogP contribution in [0.4, 0.5) is 10.5 Å². The molecule has 0 unspecified atom stereocenters. The number of benzene rings is 1. The monoisotopic (exact) mass is 274 g/mol. The first-order chi connectivity index (χ1) is 9.42. The van der Waals surface area contributed by atoms with E-state index in [1.165, 1.54) is 0 Å². The Morgan fingerprint density at radius 3 is 2.85 bits per heavy atom. The molecule has 20 heavy (non-hydrogen) atoms. The van der Waals surface area contributed by atoms with Gasteiger partial charge in [0.2, 0.25) is 0 Å². The van der Waals surface area contributed by atoms with Crippen LogP contribution < -0.4 is 5.32 Å². The van der Waals surface area contributed by atoms with Gasteiger partial charge >= 0.3 is 6.09 Å². The number of rotatable bonds is 3. The van der Waals surface area contributed by atoms with Crippen molar-refractivity contribution in [1.29, 1.82) is 0 Å². The molecule has 2 rings (SSSR count). The van der Waals surface area contributed by atoms with Crippen molar-refractivity contribution in [3.05, 3.63) is 42.2 Å². The van der Waals surface area contributed by atoms with Crippen LogP contribution in [-0.2, 0) is 11.3 Å². The molecule has 0 fully saturated rings. The summed E-state index contributed by atoms with van der Waals surface area (Å²) in [5.74, 6) is 0. The van der Waals surface area contributed by atoms with Gasteiger partial charge in [0.05, 0.1) is 12.7 Å². The molecule has 106 valence electrons. The van der Waals surface area contributed by atoms with Gasteiger partial charge in [-0.15, -0.1) is 5.10 Å². The molecular formula is C14H18N4O2. The number of nitrogens with one attached hydrogen (secondary N) is 1. The Morgan fingerprint density at radius 2 is 2.20 bits per heavy atom. The molecule has 1 heterocycles. The molecule has 1 amide bonds. The summed E-state index contributed by atoms with van der Waals surface area (Å²) >= 11 is 0. The Hall–Kier alpha value is -2.37. The second-order valence-electron chi connectivity index (χ2n) is 5.43. The number of amides is 1. The van der Waals surface area contributed by atoms with Crippen molar-refractivity contribution in [3.8, 4) is 0 Å². The minimum atomic E-state index is -0.511. The van der Waals surface area contributed by atoms with E-state index in [-0.39, 0.29) is 0 Å². The highest BCUT2D eigenvalue weighted by Gasteiger charge is 2.16. The predicted molar refractivity (Wildman–Crippen MR) is 75.4 cm³/mol. The van der Waals surface area contributed by atoms with Crippen LogP contribution in [-0.4, -0.2) is 26.7 Å². The van der Waals surface area contributed by atoms with E-state index in [0.717, 1.165) is 5.56 Å². The van der Waals surface area contributed by atoms with Crippen molar-refractivity contribution in [1.82, 2.24) is 15.0 Å². The number of ether oxygens (including phenoxy) is 1. The lowest BCUT2D eigenvalue weighted by molar-refractivity contribution is 0.0636. The quantitative estimate of drug-likeness (QED) is 0.934. The van der Waals surface area contributed by atoms with E-state index in [2.05, 4.69) is 15.6 Å². The number of hydrogen-bond acceptors (Lipinski definition) is 4. The summed E-state index contributed by atoms with van der Waals surface area (Å²) in [7, 11) is 0. The number of hydrogen-bond donors (Lipinski definition) is 1. The number of aromatic nitrogens is 3. The molecule has 0 aliphatic carbocycles. The molecule has 1 aromatic heterocycles. The highest BCUT2D eigenvalue weighted by molar-refractivity contribution is 5.84. The molecule has 0 spiro atoms. The second kappa shape index (κ2) is 5.73. The van der Waals surface area contributed by atoms with Gasteiger partial charge in [-0.05, 0) is 38.5 Å². The molecule has 0 bridgehead atoms. The fourth-order valence-electron chi connectivity index (χ4n) is 1.67. The fourth-order valence-corrected chi connectivity index (χ4v) is 1.67. The van der Waals surface area contributed by atoms with E-state index in [0.29, 0.717) is 12.2 Å². The molecule has 2 aromatic rings. The van der Waals surface area contributed by atoms with E-state index in [4.69, 9.17) is 4.74 Å². The number of carbonyl (C=O) groups is 1. The lowest BCUT2D eigenvalue weighted by atomic mass is 10.2. The van der Waals surface area contributed by atoms with Crippen LogP contribution in [0.25, 0.3) is 0 Å². The molecule has 6 nitrogen and oxygen atoms in total. The third-order valence-electron chi connectivity index (χ3n) is 2.39. The van der Waals surface area contributed by atoms with Gasteiger partial charge in [-0.25, -0.2) is 9.48 Å². The third kappa shape index (κ3) is 4.38. The molecule has 0 saturated carbocycles. The number of nitrogens with zero attached hydrogens (tertiary/aromatic N) is 3. The third-order valence-corrected chi connectivity index (χ3v) is 2.39. The molecular weight excluding hydrogens is 256 g/mol. The Morgan fingerprint density at radius 1 is 1.40 bits per heavy atom. The van der Waals surface area contributed by atoms with Gasteiger partial charge in [-0.2, -0.15) is 0 Å².